The molecule has 2 unspecified atom stereocenters. The van der Waals surface area contributed by atoms with Crippen LogP contribution in [0.5, 0.6) is 11.9 Å². The molecule has 0 spiro atoms. The lowest BCUT2D eigenvalue weighted by atomic mass is 9.89. The van der Waals surface area contributed by atoms with Gasteiger partial charge in [0.05, 0.1) is 6.61 Å². The van der Waals surface area contributed by atoms with E-state index in [0.717, 1.165) is 43.4 Å². The van der Waals surface area contributed by atoms with Gasteiger partial charge < -0.3 is 14.8 Å². The number of nitrogens with zero attached hydrogens (tertiary/aromatic N) is 3. The van der Waals surface area contributed by atoms with Gasteiger partial charge in [-0.1, -0.05) is 48.3 Å². The predicted molar refractivity (Wildman–Crippen MR) is 105 cm³/mol. The molecule has 2 atom stereocenters. The van der Waals surface area contributed by atoms with Crippen LogP contribution >= 0.6 is 0 Å². The first kappa shape index (κ1) is 17.8. The van der Waals surface area contributed by atoms with Crippen molar-refractivity contribution in [3.63, 3.8) is 0 Å². The smallest absolute Gasteiger partial charge is 0.339 e. The molecule has 2 aliphatic rings. The zero-order valence-electron chi connectivity index (χ0n) is 15.9. The third-order valence-corrected chi connectivity index (χ3v) is 5.19. The third kappa shape index (κ3) is 3.89. The van der Waals surface area contributed by atoms with Gasteiger partial charge in [-0.25, -0.2) is 0 Å². The second kappa shape index (κ2) is 7.94. The summed E-state index contributed by atoms with van der Waals surface area (Å²) in [5.41, 5.74) is 4.07. The molecule has 0 saturated carbocycles. The summed E-state index contributed by atoms with van der Waals surface area (Å²) in [5.74, 6) is 0.873. The number of allylic oxidation sites excluding steroid dienone is 2. The molecule has 2 aromatic rings. The lowest BCUT2D eigenvalue weighted by Gasteiger charge is -2.29. The molecule has 6 nitrogen and oxygen atoms in total. The summed E-state index contributed by atoms with van der Waals surface area (Å²) >= 11 is 0. The van der Waals surface area contributed by atoms with Gasteiger partial charge in [-0.2, -0.15) is 4.98 Å². The quantitative estimate of drug-likeness (QED) is 0.616. The van der Waals surface area contributed by atoms with E-state index in [1.54, 1.807) is 0 Å². The zero-order chi connectivity index (χ0) is 18.6. The highest BCUT2D eigenvalue weighted by atomic mass is 16.5. The van der Waals surface area contributed by atoms with Crippen LogP contribution in [0.1, 0.15) is 46.0 Å². The molecule has 4 rings (SSSR count). The number of nitrogens with one attached hydrogen (secondary N) is 1. The van der Waals surface area contributed by atoms with E-state index < -0.39 is 0 Å². The number of hydrogen-bond donors (Lipinski definition) is 1. The molecular formula is C21H26N4O2. The number of anilines is 1. The molecule has 1 aromatic carbocycles. The Morgan fingerprint density at radius 3 is 2.96 bits per heavy atom. The molecule has 0 radical (unpaired) electrons. The molecule has 0 fully saturated rings. The molecule has 2 heterocycles. The Labute approximate surface area is 160 Å². The summed E-state index contributed by atoms with van der Waals surface area (Å²) in [4.78, 5) is 4.53. The topological polar surface area (TPSA) is 69.2 Å². The van der Waals surface area contributed by atoms with E-state index in [4.69, 9.17) is 9.47 Å². The number of rotatable bonds is 5. The van der Waals surface area contributed by atoms with Crippen molar-refractivity contribution in [2.45, 2.75) is 52.2 Å². The summed E-state index contributed by atoms with van der Waals surface area (Å²) in [6, 6.07) is 8.36. The summed E-state index contributed by atoms with van der Waals surface area (Å²) in [5, 5.41) is 12.1. The van der Waals surface area contributed by atoms with E-state index in [1.165, 1.54) is 5.57 Å². The molecule has 1 aliphatic heterocycles. The monoisotopic (exact) mass is 366 g/mol. The first-order valence-corrected chi connectivity index (χ1v) is 9.80. The largest absolute Gasteiger partial charge is 0.462 e. The van der Waals surface area contributed by atoms with E-state index in [1.807, 2.05) is 18.2 Å². The van der Waals surface area contributed by atoms with Crippen LogP contribution in [0.2, 0.25) is 0 Å². The number of benzene rings is 1. The van der Waals surface area contributed by atoms with Gasteiger partial charge in [0, 0.05) is 17.2 Å². The van der Waals surface area contributed by atoms with E-state index in [2.05, 4.69) is 46.5 Å². The number of aromatic nitrogens is 3. The Morgan fingerprint density at radius 1 is 1.26 bits per heavy atom. The van der Waals surface area contributed by atoms with Gasteiger partial charge in [0.15, 0.2) is 11.9 Å². The predicted octanol–water partition coefficient (Wildman–Crippen LogP) is 4.59. The molecule has 0 saturated heterocycles. The van der Waals surface area contributed by atoms with Crippen molar-refractivity contribution in [3.8, 4) is 23.1 Å². The van der Waals surface area contributed by atoms with E-state index in [-0.39, 0.29) is 12.2 Å². The minimum Gasteiger partial charge on any atom is -0.462 e. The summed E-state index contributed by atoms with van der Waals surface area (Å²) in [6.45, 7) is 4.90. The molecule has 1 aromatic heterocycles. The fraction of sp³-hybridized carbons (Fsp3) is 0.476. The average molecular weight is 366 g/mol. The maximum Gasteiger partial charge on any atom is 0.339 e. The second-order valence-corrected chi connectivity index (χ2v) is 7.26. The van der Waals surface area contributed by atoms with Crippen LogP contribution in [0.3, 0.4) is 0 Å². The Morgan fingerprint density at radius 2 is 2.15 bits per heavy atom. The van der Waals surface area contributed by atoms with Gasteiger partial charge in [-0.3, -0.25) is 0 Å². The first-order chi connectivity index (χ1) is 13.2. The Kier molecular flexibility index (Phi) is 5.23. The lowest BCUT2D eigenvalue weighted by molar-refractivity contribution is 0.143. The zero-order valence-corrected chi connectivity index (χ0v) is 15.9. The fourth-order valence-electron chi connectivity index (χ4n) is 3.51. The summed E-state index contributed by atoms with van der Waals surface area (Å²) in [7, 11) is 0. The Balaban J connectivity index is 1.66. The number of ether oxygens (including phenoxy) is 2. The molecule has 142 valence electrons. The molecule has 0 amide bonds. The van der Waals surface area contributed by atoms with E-state index >= 15 is 0 Å². The van der Waals surface area contributed by atoms with Crippen LogP contribution in [0.4, 0.5) is 5.69 Å². The van der Waals surface area contributed by atoms with Crippen LogP contribution in [0, 0.1) is 5.92 Å². The van der Waals surface area contributed by atoms with Gasteiger partial charge in [-0.05, 0) is 38.7 Å². The molecule has 1 N–H and O–H groups in total. The van der Waals surface area contributed by atoms with Crippen molar-refractivity contribution < 1.29 is 9.47 Å². The SMILES string of the molecule is CCCCOc1nnc2c(n1)OC(C1CC=C(C)CC1)Nc1ccccc1-2. The van der Waals surface area contributed by atoms with Crippen molar-refractivity contribution in [3.05, 3.63) is 35.9 Å². The maximum absolute atomic E-state index is 6.33. The van der Waals surface area contributed by atoms with Crippen molar-refractivity contribution in [1.82, 2.24) is 15.2 Å². The van der Waals surface area contributed by atoms with Crippen LogP contribution in [0.15, 0.2) is 35.9 Å². The number of para-hydroxylation sites is 1. The molecule has 1 aliphatic carbocycles. The van der Waals surface area contributed by atoms with Gasteiger partial charge in [0.25, 0.3) is 0 Å². The Hall–Kier alpha value is -2.63. The number of fused-ring (bicyclic) bond motifs is 3. The molecule has 0 bridgehead atoms. The Bertz CT molecular complexity index is 837. The van der Waals surface area contributed by atoms with Crippen molar-refractivity contribution in [2.75, 3.05) is 11.9 Å². The van der Waals surface area contributed by atoms with Crippen molar-refractivity contribution in [1.29, 1.82) is 0 Å². The van der Waals surface area contributed by atoms with E-state index in [9.17, 15) is 0 Å². The van der Waals surface area contributed by atoms with E-state index in [0.29, 0.717) is 24.1 Å². The third-order valence-electron chi connectivity index (χ3n) is 5.19. The maximum atomic E-state index is 6.33. The highest BCUT2D eigenvalue weighted by Gasteiger charge is 2.31. The highest BCUT2D eigenvalue weighted by Crippen LogP contribution is 2.39. The number of hydrogen-bond acceptors (Lipinski definition) is 6. The van der Waals surface area contributed by atoms with Crippen LogP contribution < -0.4 is 14.8 Å². The minimum absolute atomic E-state index is 0.156. The van der Waals surface area contributed by atoms with Gasteiger partial charge in [0.2, 0.25) is 5.88 Å². The molecule has 27 heavy (non-hydrogen) atoms. The number of unbranched alkanes of at least 4 members (excludes halogenated alkanes) is 1. The van der Waals surface area contributed by atoms with Crippen molar-refractivity contribution in [2.24, 2.45) is 5.92 Å². The van der Waals surface area contributed by atoms with Gasteiger partial charge >= 0.3 is 6.01 Å². The van der Waals surface area contributed by atoms with Crippen molar-refractivity contribution >= 4 is 5.69 Å². The highest BCUT2D eigenvalue weighted by molar-refractivity contribution is 5.79. The normalized spacial score (nSPS) is 21.0. The molecule has 6 heteroatoms. The molecular weight excluding hydrogens is 340 g/mol. The standard InChI is InChI=1S/C21H26N4O2/c1-3-4-13-26-21-23-20-18(24-25-21)16-7-5-6-8-17(16)22-19(27-20)15-11-9-14(2)10-12-15/h5-9,15,19,22H,3-4,10-13H2,1-2H3. The second-order valence-electron chi connectivity index (χ2n) is 7.26. The van der Waals surface area contributed by atoms with Gasteiger partial charge in [-0.15, -0.1) is 5.10 Å². The van der Waals surface area contributed by atoms with Crippen LogP contribution in [-0.4, -0.2) is 28.0 Å². The summed E-state index contributed by atoms with van der Waals surface area (Å²) < 4.78 is 12.0. The fourth-order valence-corrected chi connectivity index (χ4v) is 3.51. The first-order valence-electron chi connectivity index (χ1n) is 9.80. The van der Waals surface area contributed by atoms with Gasteiger partial charge in [0.1, 0.15) is 0 Å². The summed E-state index contributed by atoms with van der Waals surface area (Å²) in [6.07, 6.45) is 7.37. The lowest BCUT2D eigenvalue weighted by Crippen LogP contribution is -2.35. The average Bonchev–Trinajstić information content (AvgIpc) is 2.85. The van der Waals surface area contributed by atoms with Crippen LogP contribution in [-0.2, 0) is 0 Å². The van der Waals surface area contributed by atoms with Crippen LogP contribution in [0.25, 0.3) is 11.3 Å². The minimum atomic E-state index is -0.156.